The van der Waals surface area contributed by atoms with Gasteiger partial charge in [0, 0.05) is 24.0 Å². The van der Waals surface area contributed by atoms with Crippen LogP contribution in [0.5, 0.6) is 0 Å². The normalized spacial score (nSPS) is 16.9. The van der Waals surface area contributed by atoms with Crippen LogP contribution in [0.3, 0.4) is 0 Å². The van der Waals surface area contributed by atoms with Gasteiger partial charge in [-0.15, -0.1) is 0 Å². The smallest absolute Gasteiger partial charge is 0.181 e. The SMILES string of the molecule is Clc1cc(C2CCCCCC2)nc(-c2cnccn2)n1. The maximum Gasteiger partial charge on any atom is 0.181 e. The maximum atomic E-state index is 6.16. The zero-order chi connectivity index (χ0) is 13.8. The van der Waals surface area contributed by atoms with E-state index in [1.807, 2.05) is 6.07 Å². The molecule has 0 aromatic carbocycles. The molecule has 1 saturated carbocycles. The molecule has 0 aliphatic heterocycles. The predicted octanol–water partition coefficient (Wildman–Crippen LogP) is 4.02. The van der Waals surface area contributed by atoms with Gasteiger partial charge in [-0.1, -0.05) is 37.3 Å². The van der Waals surface area contributed by atoms with Crippen molar-refractivity contribution in [3.05, 3.63) is 35.5 Å². The second-order valence-electron chi connectivity index (χ2n) is 5.22. The molecule has 5 heteroatoms. The van der Waals surface area contributed by atoms with Crippen molar-refractivity contribution in [2.24, 2.45) is 0 Å². The third-order valence-corrected chi connectivity index (χ3v) is 3.97. The average molecular weight is 289 g/mol. The molecule has 4 nitrogen and oxygen atoms in total. The van der Waals surface area contributed by atoms with Crippen LogP contribution in [0.25, 0.3) is 11.5 Å². The molecule has 1 aliphatic carbocycles. The van der Waals surface area contributed by atoms with Crippen molar-refractivity contribution >= 4 is 11.6 Å². The van der Waals surface area contributed by atoms with Crippen LogP contribution in [0.15, 0.2) is 24.7 Å². The summed E-state index contributed by atoms with van der Waals surface area (Å²) in [6, 6.07) is 1.90. The molecule has 104 valence electrons. The first kappa shape index (κ1) is 13.4. The Kier molecular flexibility index (Phi) is 4.21. The average Bonchev–Trinajstić information content (AvgIpc) is 2.77. The molecule has 20 heavy (non-hydrogen) atoms. The van der Waals surface area contributed by atoms with E-state index >= 15 is 0 Å². The predicted molar refractivity (Wildman–Crippen MR) is 78.5 cm³/mol. The summed E-state index contributed by atoms with van der Waals surface area (Å²) in [6.45, 7) is 0. The van der Waals surface area contributed by atoms with Crippen molar-refractivity contribution in [2.45, 2.75) is 44.4 Å². The number of halogens is 1. The van der Waals surface area contributed by atoms with Crippen LogP contribution in [0.2, 0.25) is 5.15 Å². The Bertz CT molecular complexity index is 565. The molecule has 2 aromatic heterocycles. The van der Waals surface area contributed by atoms with E-state index in [9.17, 15) is 0 Å². The summed E-state index contributed by atoms with van der Waals surface area (Å²) in [6.07, 6.45) is 12.5. The summed E-state index contributed by atoms with van der Waals surface area (Å²) < 4.78 is 0. The Morgan fingerprint density at radius 2 is 1.80 bits per heavy atom. The first-order chi connectivity index (χ1) is 9.83. The molecule has 2 aromatic rings. The lowest BCUT2D eigenvalue weighted by Crippen LogP contribution is -2.04. The van der Waals surface area contributed by atoms with Gasteiger partial charge in [0.1, 0.15) is 10.8 Å². The second-order valence-corrected chi connectivity index (χ2v) is 5.61. The van der Waals surface area contributed by atoms with Gasteiger partial charge in [-0.25, -0.2) is 15.0 Å². The largest absolute Gasteiger partial charge is 0.261 e. The van der Waals surface area contributed by atoms with E-state index in [1.165, 1.54) is 38.5 Å². The van der Waals surface area contributed by atoms with Gasteiger partial charge in [-0.3, -0.25) is 4.98 Å². The highest BCUT2D eigenvalue weighted by molar-refractivity contribution is 6.29. The van der Waals surface area contributed by atoms with E-state index in [4.69, 9.17) is 11.6 Å². The van der Waals surface area contributed by atoms with E-state index in [1.54, 1.807) is 18.6 Å². The summed E-state index contributed by atoms with van der Waals surface area (Å²) >= 11 is 6.16. The van der Waals surface area contributed by atoms with Crippen LogP contribution in [-0.4, -0.2) is 19.9 Å². The molecule has 0 atom stereocenters. The van der Waals surface area contributed by atoms with Crippen LogP contribution in [-0.2, 0) is 0 Å². The van der Waals surface area contributed by atoms with Gasteiger partial charge in [0.15, 0.2) is 5.82 Å². The minimum absolute atomic E-state index is 0.486. The monoisotopic (exact) mass is 288 g/mol. The lowest BCUT2D eigenvalue weighted by Gasteiger charge is -2.14. The van der Waals surface area contributed by atoms with Gasteiger partial charge in [0.05, 0.1) is 6.20 Å². The fourth-order valence-corrected chi connectivity index (χ4v) is 2.94. The van der Waals surface area contributed by atoms with E-state index in [0.717, 1.165) is 5.69 Å². The number of hydrogen-bond acceptors (Lipinski definition) is 4. The zero-order valence-electron chi connectivity index (χ0n) is 11.3. The van der Waals surface area contributed by atoms with Gasteiger partial charge in [0.2, 0.25) is 0 Å². The summed E-state index contributed by atoms with van der Waals surface area (Å²) in [4.78, 5) is 17.3. The Hall–Kier alpha value is -1.55. The quantitative estimate of drug-likeness (QED) is 0.618. The highest BCUT2D eigenvalue weighted by Crippen LogP contribution is 2.32. The molecule has 0 saturated heterocycles. The van der Waals surface area contributed by atoms with Crippen LogP contribution < -0.4 is 0 Å². The Labute approximate surface area is 123 Å². The van der Waals surface area contributed by atoms with Gasteiger partial charge in [-0.05, 0) is 18.9 Å². The van der Waals surface area contributed by atoms with Gasteiger partial charge < -0.3 is 0 Å². The van der Waals surface area contributed by atoms with Crippen molar-refractivity contribution in [1.29, 1.82) is 0 Å². The minimum atomic E-state index is 0.486. The number of nitrogens with zero attached hydrogens (tertiary/aromatic N) is 4. The second kappa shape index (κ2) is 6.27. The lowest BCUT2D eigenvalue weighted by molar-refractivity contribution is 0.577. The fourth-order valence-electron chi connectivity index (χ4n) is 2.75. The Morgan fingerprint density at radius 3 is 2.50 bits per heavy atom. The van der Waals surface area contributed by atoms with Crippen LogP contribution in [0, 0.1) is 0 Å². The molecule has 0 radical (unpaired) electrons. The van der Waals surface area contributed by atoms with Crippen molar-refractivity contribution in [3.63, 3.8) is 0 Å². The number of aromatic nitrogens is 4. The third kappa shape index (κ3) is 3.12. The molecule has 0 spiro atoms. The fraction of sp³-hybridized carbons (Fsp3) is 0.467. The molecule has 1 aliphatic rings. The van der Waals surface area contributed by atoms with Crippen molar-refractivity contribution < 1.29 is 0 Å². The van der Waals surface area contributed by atoms with Gasteiger partial charge in [0.25, 0.3) is 0 Å². The maximum absolute atomic E-state index is 6.16. The summed E-state index contributed by atoms with van der Waals surface area (Å²) in [5.74, 6) is 1.07. The van der Waals surface area contributed by atoms with Crippen molar-refractivity contribution in [2.75, 3.05) is 0 Å². The third-order valence-electron chi connectivity index (χ3n) is 3.78. The molecule has 0 amide bonds. The van der Waals surface area contributed by atoms with Crippen molar-refractivity contribution in [1.82, 2.24) is 19.9 Å². The summed E-state index contributed by atoms with van der Waals surface area (Å²) in [5.41, 5.74) is 1.72. The molecule has 3 rings (SSSR count). The van der Waals surface area contributed by atoms with Crippen LogP contribution in [0.4, 0.5) is 0 Å². The number of hydrogen-bond donors (Lipinski definition) is 0. The minimum Gasteiger partial charge on any atom is -0.261 e. The summed E-state index contributed by atoms with van der Waals surface area (Å²) in [5, 5.41) is 0.486. The van der Waals surface area contributed by atoms with E-state index in [-0.39, 0.29) is 0 Å². The molecule has 1 fully saturated rings. The zero-order valence-corrected chi connectivity index (χ0v) is 12.1. The Morgan fingerprint density at radius 1 is 1.00 bits per heavy atom. The molecule has 0 N–H and O–H groups in total. The van der Waals surface area contributed by atoms with Gasteiger partial charge >= 0.3 is 0 Å². The first-order valence-electron chi connectivity index (χ1n) is 7.14. The summed E-state index contributed by atoms with van der Waals surface area (Å²) in [7, 11) is 0. The molecule has 2 heterocycles. The highest BCUT2D eigenvalue weighted by Gasteiger charge is 2.18. The van der Waals surface area contributed by atoms with E-state index in [2.05, 4.69) is 19.9 Å². The highest BCUT2D eigenvalue weighted by atomic mass is 35.5. The Balaban J connectivity index is 1.94. The number of rotatable bonds is 2. The van der Waals surface area contributed by atoms with E-state index < -0.39 is 0 Å². The molecule has 0 bridgehead atoms. The first-order valence-corrected chi connectivity index (χ1v) is 7.51. The molecular formula is C15H17ClN4. The standard InChI is InChI=1S/C15H17ClN4/c16-14-9-12(11-5-3-1-2-4-6-11)19-15(20-14)13-10-17-7-8-18-13/h7-11H,1-6H2. The molecule has 0 unspecified atom stereocenters. The molecular weight excluding hydrogens is 272 g/mol. The topological polar surface area (TPSA) is 51.6 Å². The van der Waals surface area contributed by atoms with Crippen LogP contribution in [0.1, 0.15) is 50.1 Å². The van der Waals surface area contributed by atoms with E-state index in [0.29, 0.717) is 22.6 Å². The van der Waals surface area contributed by atoms with Gasteiger partial charge in [-0.2, -0.15) is 0 Å². The van der Waals surface area contributed by atoms with Crippen molar-refractivity contribution in [3.8, 4) is 11.5 Å². The lowest BCUT2D eigenvalue weighted by atomic mass is 9.96. The van der Waals surface area contributed by atoms with Crippen LogP contribution >= 0.6 is 11.6 Å².